The van der Waals surface area contributed by atoms with Crippen LogP contribution in [0.25, 0.3) is 0 Å². The molecule has 1 aliphatic heterocycles. The Morgan fingerprint density at radius 2 is 2.00 bits per heavy atom. The van der Waals surface area contributed by atoms with Crippen molar-refractivity contribution in [2.75, 3.05) is 39.4 Å². The summed E-state index contributed by atoms with van der Waals surface area (Å²) >= 11 is 0. The summed E-state index contributed by atoms with van der Waals surface area (Å²) in [5.74, 6) is 0. The van der Waals surface area contributed by atoms with Crippen LogP contribution in [0.4, 0.5) is 5.69 Å². The van der Waals surface area contributed by atoms with Crippen LogP contribution < -0.4 is 4.90 Å². The molecule has 1 aromatic carbocycles. The number of hydrogen-bond donors (Lipinski definition) is 1. The largest absolute Gasteiger partial charge is 0.370 e. The van der Waals surface area contributed by atoms with Gasteiger partial charge in [0.05, 0.1) is 24.7 Å². The molecule has 0 unspecified atom stereocenters. The third-order valence-electron chi connectivity index (χ3n) is 3.36. The zero-order valence-electron chi connectivity index (χ0n) is 11.5. The fourth-order valence-electron chi connectivity index (χ4n) is 2.18. The van der Waals surface area contributed by atoms with Crippen LogP contribution in [0.1, 0.15) is 12.0 Å². The number of benzene rings is 1. The summed E-state index contributed by atoms with van der Waals surface area (Å²) in [4.78, 5) is 16.1. The fraction of sp³-hybridized carbons (Fsp3) is 0.500. The summed E-state index contributed by atoms with van der Waals surface area (Å²) in [5, 5.41) is 10.5. The first-order valence-corrected chi connectivity index (χ1v) is 6.91. The summed E-state index contributed by atoms with van der Waals surface area (Å²) in [7, 11) is 0. The number of aliphatic imine (C=N–C) groups is 1. The SMILES string of the molecule is O=[N+]([O-])c1ccc(C=NCCC[NH+]2CCOCC2)cc1. The highest BCUT2D eigenvalue weighted by Crippen LogP contribution is 2.10. The van der Waals surface area contributed by atoms with Gasteiger partial charge in [-0.25, -0.2) is 0 Å². The Kier molecular flexibility index (Phi) is 5.64. The van der Waals surface area contributed by atoms with E-state index in [0.29, 0.717) is 0 Å². The molecule has 6 nitrogen and oxygen atoms in total. The van der Waals surface area contributed by atoms with E-state index in [2.05, 4.69) is 4.99 Å². The average Bonchev–Trinajstić information content (AvgIpc) is 2.48. The van der Waals surface area contributed by atoms with Crippen molar-refractivity contribution >= 4 is 11.9 Å². The number of quaternary nitrogens is 1. The van der Waals surface area contributed by atoms with Crippen molar-refractivity contribution < 1.29 is 14.6 Å². The molecule has 0 aliphatic carbocycles. The average molecular weight is 278 g/mol. The van der Waals surface area contributed by atoms with Gasteiger partial charge in [-0.2, -0.15) is 0 Å². The minimum atomic E-state index is -0.397. The lowest BCUT2D eigenvalue weighted by molar-refractivity contribution is -0.908. The Bertz CT molecular complexity index is 453. The molecule has 6 heteroatoms. The molecular weight excluding hydrogens is 258 g/mol. The monoisotopic (exact) mass is 278 g/mol. The molecule has 1 N–H and O–H groups in total. The second-order valence-electron chi connectivity index (χ2n) is 4.85. The maximum Gasteiger partial charge on any atom is 0.269 e. The molecule has 0 saturated carbocycles. The summed E-state index contributed by atoms with van der Waals surface area (Å²) in [6, 6.07) is 6.43. The predicted molar refractivity (Wildman–Crippen MR) is 76.6 cm³/mol. The molecule has 1 aliphatic rings. The Morgan fingerprint density at radius 1 is 1.30 bits per heavy atom. The minimum absolute atomic E-state index is 0.109. The van der Waals surface area contributed by atoms with Crippen molar-refractivity contribution in [1.82, 2.24) is 0 Å². The molecule has 0 amide bonds. The molecule has 0 aromatic heterocycles. The van der Waals surface area contributed by atoms with Crippen molar-refractivity contribution in [3.63, 3.8) is 0 Å². The highest BCUT2D eigenvalue weighted by atomic mass is 16.6. The maximum atomic E-state index is 10.5. The summed E-state index contributed by atoms with van der Waals surface area (Å²) < 4.78 is 5.31. The van der Waals surface area contributed by atoms with Gasteiger partial charge in [0.2, 0.25) is 0 Å². The number of hydrogen-bond acceptors (Lipinski definition) is 4. The molecule has 2 rings (SSSR count). The van der Waals surface area contributed by atoms with E-state index in [9.17, 15) is 10.1 Å². The number of rotatable bonds is 6. The molecule has 20 heavy (non-hydrogen) atoms. The van der Waals surface area contributed by atoms with E-state index in [1.54, 1.807) is 23.2 Å². The van der Waals surface area contributed by atoms with Crippen LogP contribution in [0.15, 0.2) is 29.3 Å². The van der Waals surface area contributed by atoms with E-state index in [4.69, 9.17) is 4.74 Å². The Labute approximate surface area is 118 Å². The topological polar surface area (TPSA) is 69.2 Å². The lowest BCUT2D eigenvalue weighted by Crippen LogP contribution is -3.14. The quantitative estimate of drug-likeness (QED) is 0.352. The maximum absolute atomic E-state index is 10.5. The Balaban J connectivity index is 1.68. The fourth-order valence-corrected chi connectivity index (χ4v) is 2.18. The van der Waals surface area contributed by atoms with E-state index in [1.807, 2.05) is 0 Å². The van der Waals surface area contributed by atoms with Gasteiger partial charge >= 0.3 is 0 Å². The summed E-state index contributed by atoms with van der Waals surface area (Å²) in [6.07, 6.45) is 2.83. The number of nitro benzene ring substituents is 1. The molecule has 1 heterocycles. The highest BCUT2D eigenvalue weighted by molar-refractivity contribution is 5.79. The smallest absolute Gasteiger partial charge is 0.269 e. The lowest BCUT2D eigenvalue weighted by Gasteiger charge is -2.23. The summed E-state index contributed by atoms with van der Waals surface area (Å²) in [5.41, 5.74) is 1.01. The number of non-ortho nitro benzene ring substituents is 1. The van der Waals surface area contributed by atoms with Gasteiger partial charge in [-0.05, 0) is 17.7 Å². The van der Waals surface area contributed by atoms with Crippen LogP contribution in [-0.4, -0.2) is 50.5 Å². The molecule has 1 fully saturated rings. The number of nitrogens with zero attached hydrogens (tertiary/aromatic N) is 2. The molecule has 1 aromatic rings. The van der Waals surface area contributed by atoms with Crippen LogP contribution >= 0.6 is 0 Å². The third kappa shape index (κ3) is 4.71. The molecule has 0 spiro atoms. The predicted octanol–water partition coefficient (Wildman–Crippen LogP) is 0.319. The number of nitro groups is 1. The second-order valence-corrected chi connectivity index (χ2v) is 4.85. The molecule has 0 radical (unpaired) electrons. The van der Waals surface area contributed by atoms with Crippen LogP contribution in [-0.2, 0) is 4.74 Å². The standard InChI is InChI=1S/C14H19N3O3/c18-17(19)14-4-2-13(3-5-14)12-15-6-1-7-16-8-10-20-11-9-16/h2-5,12H,1,6-11H2/p+1. The van der Waals surface area contributed by atoms with E-state index < -0.39 is 4.92 Å². The number of nitrogens with one attached hydrogen (secondary N) is 1. The van der Waals surface area contributed by atoms with E-state index in [-0.39, 0.29) is 5.69 Å². The van der Waals surface area contributed by atoms with Gasteiger partial charge in [0, 0.05) is 31.3 Å². The second kappa shape index (κ2) is 7.72. The lowest BCUT2D eigenvalue weighted by atomic mass is 10.2. The van der Waals surface area contributed by atoms with Crippen LogP contribution in [0.3, 0.4) is 0 Å². The first-order chi connectivity index (χ1) is 9.75. The van der Waals surface area contributed by atoms with E-state index in [1.165, 1.54) is 12.1 Å². The molecule has 108 valence electrons. The first kappa shape index (κ1) is 14.6. The molecular formula is C14H20N3O3+. The van der Waals surface area contributed by atoms with Gasteiger partial charge in [-0.15, -0.1) is 0 Å². The van der Waals surface area contributed by atoms with Crippen LogP contribution in [0, 0.1) is 10.1 Å². The first-order valence-electron chi connectivity index (χ1n) is 6.91. The van der Waals surface area contributed by atoms with E-state index >= 15 is 0 Å². The summed E-state index contributed by atoms with van der Waals surface area (Å²) in [6.45, 7) is 5.82. The third-order valence-corrected chi connectivity index (χ3v) is 3.36. The van der Waals surface area contributed by atoms with Crippen molar-refractivity contribution in [2.24, 2.45) is 4.99 Å². The van der Waals surface area contributed by atoms with Crippen molar-refractivity contribution in [3.05, 3.63) is 39.9 Å². The van der Waals surface area contributed by atoms with Gasteiger partial charge in [-0.3, -0.25) is 15.1 Å². The minimum Gasteiger partial charge on any atom is -0.370 e. The molecule has 0 atom stereocenters. The number of morpholine rings is 1. The van der Waals surface area contributed by atoms with Crippen molar-refractivity contribution in [2.45, 2.75) is 6.42 Å². The van der Waals surface area contributed by atoms with Gasteiger partial charge in [0.15, 0.2) is 0 Å². The highest BCUT2D eigenvalue weighted by Gasteiger charge is 2.12. The van der Waals surface area contributed by atoms with Crippen LogP contribution in [0.2, 0.25) is 0 Å². The van der Waals surface area contributed by atoms with Gasteiger partial charge in [0.25, 0.3) is 5.69 Å². The van der Waals surface area contributed by atoms with Crippen LogP contribution in [0.5, 0.6) is 0 Å². The zero-order chi connectivity index (χ0) is 14.2. The zero-order valence-corrected chi connectivity index (χ0v) is 11.5. The van der Waals surface area contributed by atoms with E-state index in [0.717, 1.165) is 51.4 Å². The van der Waals surface area contributed by atoms with Gasteiger partial charge < -0.3 is 9.64 Å². The normalized spacial score (nSPS) is 16.6. The van der Waals surface area contributed by atoms with Crippen molar-refractivity contribution in [3.8, 4) is 0 Å². The van der Waals surface area contributed by atoms with Gasteiger partial charge in [-0.1, -0.05) is 0 Å². The molecule has 1 saturated heterocycles. The Morgan fingerprint density at radius 3 is 2.65 bits per heavy atom. The Hall–Kier alpha value is -1.79. The van der Waals surface area contributed by atoms with Gasteiger partial charge in [0.1, 0.15) is 13.1 Å². The van der Waals surface area contributed by atoms with Crippen molar-refractivity contribution in [1.29, 1.82) is 0 Å². The number of ether oxygens (including phenoxy) is 1. The molecule has 0 bridgehead atoms.